The fourth-order valence-corrected chi connectivity index (χ4v) is 21.1. The fourth-order valence-electron chi connectivity index (χ4n) is 10.6. The Morgan fingerprint density at radius 2 is 0.612 bits per heavy atom. The summed E-state index contributed by atoms with van der Waals surface area (Å²) >= 11 is 4.20. The average Bonchev–Trinajstić information content (AvgIpc) is 3.16. The molecule has 6 saturated carbocycles. The van der Waals surface area contributed by atoms with Gasteiger partial charge in [-0.1, -0.05) is 131 Å². The summed E-state index contributed by atoms with van der Waals surface area (Å²) in [4.78, 5) is 1.29. The molecule has 282 valence electrons. The van der Waals surface area contributed by atoms with Crippen molar-refractivity contribution in [2.24, 2.45) is 0 Å². The van der Waals surface area contributed by atoms with Crippen molar-refractivity contribution in [1.82, 2.24) is 0 Å². The van der Waals surface area contributed by atoms with E-state index in [1.54, 1.807) is 166 Å². The van der Waals surface area contributed by atoms with E-state index in [4.69, 9.17) is 0 Å². The molecule has 0 aromatic heterocycles. The molecule has 0 amide bonds. The molecule has 0 bridgehead atoms. The van der Waals surface area contributed by atoms with Crippen LogP contribution in [0.25, 0.3) is 0 Å². The van der Waals surface area contributed by atoms with Gasteiger partial charge in [-0.15, -0.1) is 0 Å². The zero-order valence-electron chi connectivity index (χ0n) is 31.1. The maximum absolute atomic E-state index is 2.48. The van der Waals surface area contributed by atoms with E-state index in [0.717, 1.165) is 0 Å². The van der Waals surface area contributed by atoms with Gasteiger partial charge in [0.05, 0.1) is 0 Å². The van der Waals surface area contributed by atoms with Gasteiger partial charge in [0.15, 0.2) is 0 Å². The van der Waals surface area contributed by atoms with Crippen LogP contribution in [0.3, 0.4) is 0 Å². The molecular weight excluding hydrogens is 782 g/mol. The second-order valence-electron chi connectivity index (χ2n) is 16.2. The van der Waals surface area contributed by atoms with Gasteiger partial charge in [0, 0.05) is 0 Å². The second kappa shape index (κ2) is 27.1. The van der Waals surface area contributed by atoms with Gasteiger partial charge in [-0.05, 0) is 111 Å². The Morgan fingerprint density at radius 1 is 0.388 bits per heavy atom. The molecule has 7 rings (SSSR count). The zero-order valence-corrected chi connectivity index (χ0v) is 36.9. The van der Waals surface area contributed by atoms with Gasteiger partial charge in [-0.25, -0.2) is 0 Å². The summed E-state index contributed by atoms with van der Waals surface area (Å²) in [6.07, 6.45) is 47.2. The third-order valence-corrected chi connectivity index (χ3v) is 22.3. The van der Waals surface area contributed by atoms with Crippen LogP contribution in [0.2, 0.25) is 0 Å². The Balaban J connectivity index is 0.000000207. The zero-order chi connectivity index (χ0) is 32.4. The van der Waals surface area contributed by atoms with E-state index in [2.05, 4.69) is 30.0 Å². The first-order valence-electron chi connectivity index (χ1n) is 21.0. The molecule has 1 aromatic rings. The molecule has 49 heavy (non-hydrogen) atoms. The average molecular weight is 855 g/mol. The monoisotopic (exact) mass is 854 g/mol. The molecule has 1 aromatic carbocycles. The van der Waals surface area contributed by atoms with Crippen molar-refractivity contribution in [2.75, 3.05) is 0 Å². The predicted octanol–water partition coefficient (Wildman–Crippen LogP) is 9.03. The van der Waals surface area contributed by atoms with Crippen molar-refractivity contribution in [1.29, 1.82) is 0 Å². The van der Waals surface area contributed by atoms with E-state index in [9.17, 15) is 0 Å². The van der Waals surface area contributed by atoms with Gasteiger partial charge in [-0.3, -0.25) is 0 Å². The Hall–Kier alpha value is 1.50. The summed E-state index contributed by atoms with van der Waals surface area (Å²) in [5.41, 5.74) is 7.14. The molecule has 0 spiro atoms. The molecule has 0 unspecified atom stereocenters. The minimum absolute atomic E-state index is 0. The van der Waals surface area contributed by atoms with Gasteiger partial charge in [0.1, 0.15) is 0 Å². The summed E-state index contributed by atoms with van der Waals surface area (Å²) in [6.45, 7) is 0. The van der Waals surface area contributed by atoms with Gasteiger partial charge >= 0.3 is 68.8 Å². The first-order chi connectivity index (χ1) is 23.3. The number of thioether (sulfide) groups is 1. The second-order valence-corrected chi connectivity index (χ2v) is 24.4. The Kier molecular flexibility index (Phi) is 24.9. The van der Waals surface area contributed by atoms with E-state index < -0.39 is 0 Å². The molecular formula is C43H72Cl2P2RuS. The summed E-state index contributed by atoms with van der Waals surface area (Å²) in [5, 5.41) is 0. The van der Waals surface area contributed by atoms with Crippen molar-refractivity contribution in [2.45, 2.75) is 231 Å². The van der Waals surface area contributed by atoms with Crippen LogP contribution in [0, 0.1) is 0 Å². The Bertz CT molecular complexity index is 793. The minimum atomic E-state index is 0. The molecule has 6 heteroatoms. The first kappa shape index (κ1) is 44.9. The van der Waals surface area contributed by atoms with Crippen molar-refractivity contribution in [3.63, 3.8) is 0 Å². The summed E-state index contributed by atoms with van der Waals surface area (Å²) < 4.78 is 2.01. The van der Waals surface area contributed by atoms with Crippen LogP contribution in [-0.2, 0) is 17.9 Å². The van der Waals surface area contributed by atoms with Crippen molar-refractivity contribution in [3.05, 3.63) is 30.3 Å². The van der Waals surface area contributed by atoms with Crippen molar-refractivity contribution < 1.29 is 42.7 Å². The Labute approximate surface area is 333 Å². The molecule has 6 fully saturated rings. The third-order valence-electron chi connectivity index (χ3n) is 12.9. The SMILES string of the molecule is C1CCC(P(C2CCCCC2)C2CCCCC2)CC1.C1CCC(P(C2CCCCC2)C2CCCCC2)CC1.[Cl-].[Cl-].[Ru+2]=[CH]Sc1ccccc1. The van der Waals surface area contributed by atoms with E-state index in [-0.39, 0.29) is 24.8 Å². The molecule has 6 aliphatic rings. The maximum atomic E-state index is 2.48. The van der Waals surface area contributed by atoms with Crippen LogP contribution in [0.1, 0.15) is 193 Å². The van der Waals surface area contributed by atoms with Crippen LogP contribution < -0.4 is 24.8 Å². The molecule has 0 nitrogen and oxygen atoms in total. The quantitative estimate of drug-likeness (QED) is 0.143. The summed E-state index contributed by atoms with van der Waals surface area (Å²) in [6, 6.07) is 10.3. The number of rotatable bonds is 8. The normalized spacial score (nSPS) is 24.0. The molecule has 0 saturated heterocycles. The van der Waals surface area contributed by atoms with Gasteiger partial charge in [0.25, 0.3) is 0 Å². The third kappa shape index (κ3) is 15.6. The summed E-state index contributed by atoms with van der Waals surface area (Å²) in [5.74, 6) is 0. The number of hydrogen-bond acceptors (Lipinski definition) is 1. The van der Waals surface area contributed by atoms with Gasteiger partial charge < -0.3 is 24.8 Å². The Morgan fingerprint density at radius 3 is 0.816 bits per heavy atom. The van der Waals surface area contributed by atoms with Crippen LogP contribution >= 0.6 is 27.6 Å². The number of benzene rings is 1. The van der Waals surface area contributed by atoms with Crippen molar-refractivity contribution >= 4 is 31.5 Å². The summed E-state index contributed by atoms with van der Waals surface area (Å²) in [7, 11) is 0.770. The molecule has 0 radical (unpaired) electrons. The predicted molar refractivity (Wildman–Crippen MR) is 213 cm³/mol. The first-order valence-corrected chi connectivity index (χ1v) is 26.0. The van der Waals surface area contributed by atoms with Crippen LogP contribution in [0.15, 0.2) is 35.2 Å². The van der Waals surface area contributed by atoms with E-state index in [1.165, 1.54) is 77.4 Å². The van der Waals surface area contributed by atoms with E-state index >= 15 is 0 Å². The van der Waals surface area contributed by atoms with Gasteiger partial charge in [-0.2, -0.15) is 0 Å². The molecule has 0 heterocycles. The molecule has 0 aliphatic heterocycles. The van der Waals surface area contributed by atoms with Crippen LogP contribution in [0.4, 0.5) is 0 Å². The molecule has 0 atom stereocenters. The topological polar surface area (TPSA) is 0 Å². The molecule has 6 aliphatic carbocycles. The van der Waals surface area contributed by atoms with Crippen molar-refractivity contribution in [3.8, 4) is 0 Å². The standard InChI is InChI=1S/2C18H33P.C7H6S.2ClH.Ru/c2*1-4-10-16(11-5-1)19(17-12-6-2-7-13-17)18-14-8-3-9-15-18;1-8-7-5-3-2-4-6-7;;;/h2*16-18H,1-15H2;1-6H;2*1H;/q;;;;;+2/p-2. The fraction of sp³-hybridized carbons (Fsp3) is 0.837. The number of hydrogen-bond donors (Lipinski definition) is 0. The number of halogens is 2. The van der Waals surface area contributed by atoms with Crippen LogP contribution in [-0.4, -0.2) is 37.9 Å². The van der Waals surface area contributed by atoms with Crippen LogP contribution in [0.5, 0.6) is 0 Å². The van der Waals surface area contributed by atoms with E-state index in [0.29, 0.717) is 15.8 Å². The van der Waals surface area contributed by atoms with Gasteiger partial charge in [0.2, 0.25) is 0 Å². The molecule has 0 N–H and O–H groups in total. The van der Waals surface area contributed by atoms with E-state index in [1.807, 2.05) is 22.1 Å².